The Labute approximate surface area is 124 Å². The van der Waals surface area contributed by atoms with E-state index >= 15 is 0 Å². The second-order valence-electron chi connectivity index (χ2n) is 6.61. The van der Waals surface area contributed by atoms with Gasteiger partial charge in [0, 0.05) is 34.9 Å². The van der Waals surface area contributed by atoms with Crippen LogP contribution in [0.15, 0.2) is 24.3 Å². The molecule has 4 atom stereocenters. The smallest absolute Gasteiger partial charge is 0.0383 e. The van der Waals surface area contributed by atoms with Gasteiger partial charge in [-0.15, -0.1) is 0 Å². The molecule has 1 aromatic rings. The van der Waals surface area contributed by atoms with Gasteiger partial charge in [-0.3, -0.25) is 4.21 Å². The van der Waals surface area contributed by atoms with Gasteiger partial charge in [0.05, 0.1) is 0 Å². The first-order valence-electron chi connectivity index (χ1n) is 7.76. The Balaban J connectivity index is 1.74. The zero-order valence-corrected chi connectivity index (χ0v) is 13.3. The van der Waals surface area contributed by atoms with Crippen molar-refractivity contribution in [1.82, 2.24) is 5.32 Å². The normalized spacial score (nSPS) is 31.4. The molecule has 20 heavy (non-hydrogen) atoms. The van der Waals surface area contributed by atoms with E-state index in [1.807, 2.05) is 0 Å². The fourth-order valence-electron chi connectivity index (χ4n) is 4.15. The molecule has 1 aromatic carbocycles. The zero-order chi connectivity index (χ0) is 14.1. The maximum Gasteiger partial charge on any atom is 0.0383 e. The van der Waals surface area contributed by atoms with E-state index in [4.69, 9.17) is 0 Å². The van der Waals surface area contributed by atoms with Gasteiger partial charge in [0.15, 0.2) is 0 Å². The minimum atomic E-state index is -0.709. The zero-order valence-electron chi connectivity index (χ0n) is 12.5. The number of benzene rings is 1. The molecule has 1 saturated carbocycles. The van der Waals surface area contributed by atoms with Crippen molar-refractivity contribution in [3.05, 3.63) is 35.4 Å². The van der Waals surface area contributed by atoms with Gasteiger partial charge >= 0.3 is 0 Å². The first-order valence-corrected chi connectivity index (χ1v) is 9.49. The molecule has 0 spiro atoms. The van der Waals surface area contributed by atoms with Crippen LogP contribution in [0.2, 0.25) is 0 Å². The molecular weight excluding hydrogens is 266 g/mol. The predicted octanol–water partition coefficient (Wildman–Crippen LogP) is 2.54. The maximum atomic E-state index is 11.4. The molecule has 1 fully saturated rings. The van der Waals surface area contributed by atoms with Crippen LogP contribution in [-0.4, -0.2) is 28.3 Å². The lowest BCUT2D eigenvalue weighted by Gasteiger charge is -2.27. The summed E-state index contributed by atoms with van der Waals surface area (Å²) in [5, 5.41) is 3.79. The van der Waals surface area contributed by atoms with E-state index in [0.717, 1.165) is 17.6 Å². The van der Waals surface area contributed by atoms with Crippen molar-refractivity contribution in [3.8, 4) is 0 Å². The molecule has 0 aliphatic heterocycles. The van der Waals surface area contributed by atoms with Crippen LogP contribution in [0, 0.1) is 11.8 Å². The molecule has 2 aliphatic rings. The maximum absolute atomic E-state index is 11.4. The predicted molar refractivity (Wildman–Crippen MR) is 85.4 cm³/mol. The molecule has 1 N–H and O–H groups in total. The largest absolute Gasteiger partial charge is 0.310 e. The van der Waals surface area contributed by atoms with Gasteiger partial charge in [-0.25, -0.2) is 0 Å². The molecule has 110 valence electrons. The molecule has 3 rings (SSSR count). The van der Waals surface area contributed by atoms with Crippen LogP contribution in [-0.2, 0) is 23.6 Å². The molecule has 0 aromatic heterocycles. The van der Waals surface area contributed by atoms with Gasteiger partial charge in [-0.05, 0) is 55.6 Å². The van der Waals surface area contributed by atoms with Crippen molar-refractivity contribution >= 4 is 10.8 Å². The summed E-state index contributed by atoms with van der Waals surface area (Å²) in [5.74, 6) is 2.29. The highest BCUT2D eigenvalue weighted by atomic mass is 32.2. The van der Waals surface area contributed by atoms with Crippen LogP contribution in [0.25, 0.3) is 0 Å². The Kier molecular flexibility index (Phi) is 4.27. The average Bonchev–Trinajstić information content (AvgIpc) is 2.65. The van der Waals surface area contributed by atoms with Crippen LogP contribution in [0.5, 0.6) is 0 Å². The van der Waals surface area contributed by atoms with Crippen molar-refractivity contribution in [1.29, 1.82) is 0 Å². The molecule has 2 nitrogen and oxygen atoms in total. The lowest BCUT2D eigenvalue weighted by molar-refractivity contribution is 0.321. The number of rotatable bonds is 4. The Hall–Kier alpha value is -0.670. The molecule has 0 saturated heterocycles. The highest BCUT2D eigenvalue weighted by molar-refractivity contribution is 7.84. The Morgan fingerprint density at radius 1 is 1.20 bits per heavy atom. The van der Waals surface area contributed by atoms with Gasteiger partial charge in [-0.2, -0.15) is 0 Å². The molecule has 2 aliphatic carbocycles. The standard InChI is InChI=1S/C17H25NOS/c1-12(11-20(2)19)18-17-15-7-8-16(17)10-14-6-4-3-5-13(14)9-15/h3-6,12,15-18H,7-11H2,1-2H3. The highest BCUT2D eigenvalue weighted by Gasteiger charge is 2.39. The summed E-state index contributed by atoms with van der Waals surface area (Å²) in [4.78, 5) is 0. The minimum Gasteiger partial charge on any atom is -0.310 e. The molecule has 4 unspecified atom stereocenters. The minimum absolute atomic E-state index is 0.357. The third-order valence-electron chi connectivity index (χ3n) is 4.97. The van der Waals surface area contributed by atoms with Crippen LogP contribution >= 0.6 is 0 Å². The summed E-state index contributed by atoms with van der Waals surface area (Å²) in [6.07, 6.45) is 6.92. The van der Waals surface area contributed by atoms with Crippen molar-refractivity contribution in [2.75, 3.05) is 12.0 Å². The van der Waals surface area contributed by atoms with Crippen LogP contribution in [0.4, 0.5) is 0 Å². The third kappa shape index (κ3) is 2.99. The second-order valence-corrected chi connectivity index (χ2v) is 8.09. The average molecular weight is 291 g/mol. The van der Waals surface area contributed by atoms with E-state index in [1.54, 1.807) is 17.4 Å². The van der Waals surface area contributed by atoms with E-state index < -0.39 is 10.8 Å². The first-order chi connectivity index (χ1) is 9.63. The SMILES string of the molecule is CC(CS(C)=O)NC1C2CCC1Cc1ccccc1C2. The second kappa shape index (κ2) is 5.98. The summed E-state index contributed by atoms with van der Waals surface area (Å²) in [6, 6.07) is 9.91. The Bertz CT molecular complexity index is 469. The summed E-state index contributed by atoms with van der Waals surface area (Å²) >= 11 is 0. The summed E-state index contributed by atoms with van der Waals surface area (Å²) in [7, 11) is -0.709. The van der Waals surface area contributed by atoms with E-state index in [-0.39, 0.29) is 0 Å². The van der Waals surface area contributed by atoms with E-state index in [1.165, 1.54) is 25.7 Å². The van der Waals surface area contributed by atoms with Gasteiger partial charge in [0.2, 0.25) is 0 Å². The quantitative estimate of drug-likeness (QED) is 0.923. The van der Waals surface area contributed by atoms with Gasteiger partial charge < -0.3 is 5.32 Å². The number of fused-ring (bicyclic) bond motifs is 3. The van der Waals surface area contributed by atoms with Crippen molar-refractivity contribution in [2.45, 2.75) is 44.7 Å². The summed E-state index contributed by atoms with van der Waals surface area (Å²) in [6.45, 7) is 2.18. The van der Waals surface area contributed by atoms with Gasteiger partial charge in [0.1, 0.15) is 0 Å². The fraction of sp³-hybridized carbons (Fsp3) is 0.647. The number of hydrogen-bond acceptors (Lipinski definition) is 2. The lowest BCUT2D eigenvalue weighted by atomic mass is 9.94. The topological polar surface area (TPSA) is 29.1 Å². The Morgan fingerprint density at radius 2 is 1.75 bits per heavy atom. The molecule has 0 radical (unpaired) electrons. The molecule has 2 bridgehead atoms. The third-order valence-corrected chi connectivity index (χ3v) is 5.94. The summed E-state index contributed by atoms with van der Waals surface area (Å²) in [5.41, 5.74) is 3.11. The molecule has 0 amide bonds. The van der Waals surface area contributed by atoms with E-state index in [2.05, 4.69) is 36.5 Å². The van der Waals surface area contributed by atoms with Crippen molar-refractivity contribution in [3.63, 3.8) is 0 Å². The van der Waals surface area contributed by atoms with Crippen LogP contribution < -0.4 is 5.32 Å². The molecule has 0 heterocycles. The number of hydrogen-bond donors (Lipinski definition) is 1. The highest BCUT2D eigenvalue weighted by Crippen LogP contribution is 2.40. The van der Waals surface area contributed by atoms with Crippen molar-refractivity contribution < 1.29 is 4.21 Å². The summed E-state index contributed by atoms with van der Waals surface area (Å²) < 4.78 is 11.4. The molecular formula is C17H25NOS. The first kappa shape index (κ1) is 14.3. The van der Waals surface area contributed by atoms with E-state index in [9.17, 15) is 4.21 Å². The van der Waals surface area contributed by atoms with Crippen molar-refractivity contribution in [2.24, 2.45) is 11.8 Å². The van der Waals surface area contributed by atoms with Crippen LogP contribution in [0.3, 0.4) is 0 Å². The van der Waals surface area contributed by atoms with Gasteiger partial charge in [0.25, 0.3) is 0 Å². The van der Waals surface area contributed by atoms with Gasteiger partial charge in [-0.1, -0.05) is 24.3 Å². The van der Waals surface area contributed by atoms with Crippen LogP contribution in [0.1, 0.15) is 30.9 Å². The van der Waals surface area contributed by atoms with E-state index in [0.29, 0.717) is 12.1 Å². The monoisotopic (exact) mass is 291 g/mol. The Morgan fingerprint density at radius 3 is 2.25 bits per heavy atom. The number of nitrogens with one attached hydrogen (secondary N) is 1. The fourth-order valence-corrected chi connectivity index (χ4v) is 4.95. The molecule has 3 heteroatoms. The lowest BCUT2D eigenvalue weighted by Crippen LogP contribution is -2.45.